The van der Waals surface area contributed by atoms with E-state index in [0.29, 0.717) is 37.0 Å². The summed E-state index contributed by atoms with van der Waals surface area (Å²) in [6.07, 6.45) is 11.6. The molecular formula is C54H64N6O7. The second kappa shape index (κ2) is 18.8. The molecule has 0 bridgehead atoms. The number of benzene rings is 3. The summed E-state index contributed by atoms with van der Waals surface area (Å²) in [7, 11) is 2.59. The second-order valence-corrected chi connectivity index (χ2v) is 20.2. The van der Waals surface area contributed by atoms with Crippen molar-refractivity contribution in [1.82, 2.24) is 25.4 Å². The molecule has 0 radical (unpaired) electrons. The van der Waals surface area contributed by atoms with Crippen molar-refractivity contribution >= 4 is 46.2 Å². The summed E-state index contributed by atoms with van der Waals surface area (Å²) in [5, 5.41) is 6.06. The number of hydrogen-bond acceptors (Lipinski definition) is 8. The number of H-pyrrole nitrogens is 1. The molecule has 4 atom stereocenters. The maximum absolute atomic E-state index is 14.0. The molecule has 3 aliphatic heterocycles. The van der Waals surface area contributed by atoms with Crippen molar-refractivity contribution < 1.29 is 28.7 Å². The van der Waals surface area contributed by atoms with E-state index in [1.807, 2.05) is 50.9 Å². The Kier molecular flexibility index (Phi) is 12.9. The van der Waals surface area contributed by atoms with Crippen LogP contribution in [0.2, 0.25) is 0 Å². The number of ether oxygens (including phenoxy) is 2. The van der Waals surface area contributed by atoms with E-state index in [9.17, 15) is 24.0 Å². The maximum Gasteiger partial charge on any atom is 0.407 e. The number of alkyl carbamates (subject to hydrolysis) is 2. The average Bonchev–Trinajstić information content (AvgIpc) is 4.20. The number of carbonyl (C=O) groups is 4. The van der Waals surface area contributed by atoms with Gasteiger partial charge in [0.1, 0.15) is 12.1 Å². The molecule has 352 valence electrons. The molecule has 5 aliphatic rings. The number of pyridine rings is 1. The molecule has 13 heteroatoms. The molecule has 4 amide bonds. The fourth-order valence-corrected chi connectivity index (χ4v) is 11.7. The van der Waals surface area contributed by atoms with Crippen LogP contribution in [0, 0.1) is 17.3 Å². The van der Waals surface area contributed by atoms with E-state index in [1.54, 1.807) is 11.0 Å². The van der Waals surface area contributed by atoms with Crippen molar-refractivity contribution in [3.8, 4) is 22.3 Å². The van der Waals surface area contributed by atoms with Crippen LogP contribution in [0.25, 0.3) is 38.7 Å². The van der Waals surface area contributed by atoms with Crippen molar-refractivity contribution in [2.45, 2.75) is 122 Å². The van der Waals surface area contributed by atoms with Crippen LogP contribution in [0.3, 0.4) is 0 Å². The van der Waals surface area contributed by atoms with Gasteiger partial charge in [0.05, 0.1) is 26.3 Å². The van der Waals surface area contributed by atoms with E-state index in [1.165, 1.54) is 67.7 Å². The molecule has 2 aliphatic carbocycles. The number of amides is 4. The number of aromatic nitrogens is 1. The van der Waals surface area contributed by atoms with E-state index >= 15 is 0 Å². The van der Waals surface area contributed by atoms with Gasteiger partial charge in [-0.3, -0.25) is 19.4 Å². The van der Waals surface area contributed by atoms with Gasteiger partial charge in [0.2, 0.25) is 11.8 Å². The third-order valence-electron chi connectivity index (χ3n) is 15.3. The number of nitrogens with zero attached hydrogens (tertiary/aromatic N) is 3. The predicted octanol–water partition coefficient (Wildman–Crippen LogP) is 9.12. The maximum atomic E-state index is 14.0. The fraction of sp³-hybridized carbons (Fsp3) is 0.481. The number of aliphatic imine (C=N–C) groups is 1. The molecule has 1 aromatic heterocycles. The van der Waals surface area contributed by atoms with Gasteiger partial charge in [-0.1, -0.05) is 83.0 Å². The molecule has 1 saturated carbocycles. The lowest BCUT2D eigenvalue weighted by molar-refractivity contribution is -0.135. The molecule has 2 saturated heterocycles. The van der Waals surface area contributed by atoms with E-state index in [2.05, 4.69) is 58.1 Å². The number of aromatic amines is 1. The fourth-order valence-electron chi connectivity index (χ4n) is 11.7. The molecule has 67 heavy (non-hydrogen) atoms. The molecule has 3 aromatic carbocycles. The summed E-state index contributed by atoms with van der Waals surface area (Å²) in [5.41, 5.74) is 12.2. The molecular weight excluding hydrogens is 845 g/mol. The zero-order valence-electron chi connectivity index (χ0n) is 39.7. The Bertz CT molecular complexity index is 2710. The summed E-state index contributed by atoms with van der Waals surface area (Å²) >= 11 is 0. The third kappa shape index (κ3) is 8.89. The Morgan fingerprint density at radius 2 is 1.24 bits per heavy atom. The van der Waals surface area contributed by atoms with Crippen LogP contribution in [0.15, 0.2) is 76.7 Å². The zero-order chi connectivity index (χ0) is 47.1. The number of likely N-dealkylation sites (tertiary alicyclic amines) is 2. The highest BCUT2D eigenvalue weighted by Crippen LogP contribution is 2.53. The monoisotopic (exact) mass is 908 g/mol. The predicted molar refractivity (Wildman–Crippen MR) is 261 cm³/mol. The van der Waals surface area contributed by atoms with Gasteiger partial charge < -0.3 is 34.9 Å². The van der Waals surface area contributed by atoms with E-state index in [-0.39, 0.29) is 46.6 Å². The minimum atomic E-state index is -0.740. The molecule has 4 unspecified atom stereocenters. The Labute approximate surface area is 392 Å². The van der Waals surface area contributed by atoms with Gasteiger partial charge in [-0.25, -0.2) is 9.59 Å². The number of rotatable bonds is 11. The van der Waals surface area contributed by atoms with Crippen LogP contribution in [0.4, 0.5) is 9.59 Å². The molecule has 13 nitrogen and oxygen atoms in total. The Balaban J connectivity index is 0.947. The van der Waals surface area contributed by atoms with Gasteiger partial charge in [-0.15, -0.1) is 0 Å². The van der Waals surface area contributed by atoms with Gasteiger partial charge in [0, 0.05) is 54.1 Å². The first-order valence-electron chi connectivity index (χ1n) is 24.3. The lowest BCUT2D eigenvalue weighted by atomic mass is 9.82. The number of methoxy groups -OCH3 is 2. The summed E-state index contributed by atoms with van der Waals surface area (Å²) < 4.78 is 9.62. The van der Waals surface area contributed by atoms with Crippen molar-refractivity contribution in [2.24, 2.45) is 22.2 Å². The Morgan fingerprint density at radius 1 is 0.701 bits per heavy atom. The van der Waals surface area contributed by atoms with Crippen molar-refractivity contribution in [2.75, 3.05) is 27.3 Å². The van der Waals surface area contributed by atoms with Gasteiger partial charge in [0.25, 0.3) is 0 Å². The number of carbonyl (C=O) groups excluding carboxylic acids is 4. The zero-order valence-corrected chi connectivity index (χ0v) is 39.7. The van der Waals surface area contributed by atoms with Crippen molar-refractivity contribution in [3.63, 3.8) is 0 Å². The summed E-state index contributed by atoms with van der Waals surface area (Å²) in [6, 6.07) is 19.3. The standard InChI is InChI=1S/C54H64N6O7/c1-31(2)48(57-52(64)66-5)50(62)59-23-9-11-45(59)43-26-36(30-55-43)33-13-15-34(16-14-33)37-18-19-38(41-29-54(28-40(37)41)21-7-8-22-54)35-17-20-42-39(25-35)47(61)27-44(56-42)46-12-10-24-60(46)51(63)49(32(3)4)58-53(65)67-6/h13-20,25,27,30-32,45-46,48-49H,7-12,21-24,26,28-29H2,1-6H3,(H,56,61)(H,57,64)(H,58,65). The van der Waals surface area contributed by atoms with Crippen LogP contribution in [0.5, 0.6) is 0 Å². The Hall–Kier alpha value is -6.24. The van der Waals surface area contributed by atoms with Crippen molar-refractivity contribution in [3.05, 3.63) is 99.5 Å². The van der Waals surface area contributed by atoms with Gasteiger partial charge in [0.15, 0.2) is 5.43 Å². The molecule has 1 spiro atoms. The first-order valence-corrected chi connectivity index (χ1v) is 24.3. The van der Waals surface area contributed by atoms with Gasteiger partial charge in [-0.05, 0) is 125 Å². The molecule has 3 N–H and O–H groups in total. The first-order chi connectivity index (χ1) is 32.3. The number of nitrogens with one attached hydrogen (secondary N) is 3. The van der Waals surface area contributed by atoms with Gasteiger partial charge >= 0.3 is 12.2 Å². The quantitative estimate of drug-likeness (QED) is 0.135. The number of allylic oxidation sites excluding steroid dienone is 1. The largest absolute Gasteiger partial charge is 0.453 e. The minimum Gasteiger partial charge on any atom is -0.453 e. The van der Waals surface area contributed by atoms with Crippen LogP contribution in [-0.4, -0.2) is 89.9 Å². The normalized spacial score (nSPS) is 20.6. The summed E-state index contributed by atoms with van der Waals surface area (Å²) in [4.78, 5) is 77.8. The Morgan fingerprint density at radius 3 is 1.82 bits per heavy atom. The first kappa shape index (κ1) is 45.9. The SMILES string of the molecule is COC(=O)NC(C(=O)N1CCCC1C1=NC=C(c2ccc(-c3ccc(-c4ccc5[nH]c(C6CCCN6C(=O)C(NC(=O)OC)C(C)C)cc(=O)c5c4)c4c3CC3(CCCC3)C4)cc2)C1)C(C)C. The highest BCUT2D eigenvalue weighted by atomic mass is 16.5. The highest BCUT2D eigenvalue weighted by Gasteiger charge is 2.43. The molecule has 4 heterocycles. The lowest BCUT2D eigenvalue weighted by Gasteiger charge is -2.31. The highest BCUT2D eigenvalue weighted by molar-refractivity contribution is 6.04. The summed E-state index contributed by atoms with van der Waals surface area (Å²) in [5.74, 6) is -0.519. The van der Waals surface area contributed by atoms with Crippen molar-refractivity contribution in [1.29, 1.82) is 0 Å². The van der Waals surface area contributed by atoms with Crippen LogP contribution < -0.4 is 16.1 Å². The number of fused-ring (bicyclic) bond motifs is 2. The van der Waals surface area contributed by atoms with E-state index in [4.69, 9.17) is 14.5 Å². The lowest BCUT2D eigenvalue weighted by Crippen LogP contribution is -2.53. The molecule has 3 fully saturated rings. The van der Waals surface area contributed by atoms with E-state index in [0.717, 1.165) is 60.0 Å². The topological polar surface area (TPSA) is 162 Å². The number of hydrogen-bond donors (Lipinski definition) is 3. The summed E-state index contributed by atoms with van der Waals surface area (Å²) in [6.45, 7) is 8.81. The van der Waals surface area contributed by atoms with Crippen LogP contribution in [0.1, 0.15) is 114 Å². The smallest absolute Gasteiger partial charge is 0.407 e. The van der Waals surface area contributed by atoms with Crippen LogP contribution in [-0.2, 0) is 31.9 Å². The minimum absolute atomic E-state index is 0.0877. The second-order valence-electron chi connectivity index (χ2n) is 20.2. The molecule has 4 aromatic rings. The van der Waals surface area contributed by atoms with Crippen LogP contribution >= 0.6 is 0 Å². The average molecular weight is 909 g/mol. The van der Waals surface area contributed by atoms with Gasteiger partial charge in [-0.2, -0.15) is 0 Å². The third-order valence-corrected chi connectivity index (χ3v) is 15.3. The molecule has 9 rings (SSSR count). The van der Waals surface area contributed by atoms with E-state index < -0.39 is 24.3 Å².